The van der Waals surface area contributed by atoms with Crippen molar-refractivity contribution in [1.82, 2.24) is 10.6 Å². The van der Waals surface area contributed by atoms with E-state index in [0.29, 0.717) is 6.54 Å². The Morgan fingerprint density at radius 3 is 2.73 bits per heavy atom. The number of rotatable bonds is 4. The van der Waals surface area contributed by atoms with E-state index in [1.807, 2.05) is 13.8 Å². The molecule has 0 aromatic carbocycles. The van der Waals surface area contributed by atoms with E-state index in [2.05, 4.69) is 10.6 Å². The van der Waals surface area contributed by atoms with E-state index in [-0.39, 0.29) is 24.1 Å². The molecule has 0 saturated heterocycles. The van der Waals surface area contributed by atoms with E-state index < -0.39 is 0 Å². The second-order valence-electron chi connectivity index (χ2n) is 4.24. The van der Waals surface area contributed by atoms with Gasteiger partial charge in [-0.3, -0.25) is 4.79 Å². The highest BCUT2D eigenvalue weighted by Crippen LogP contribution is 2.18. The first-order valence-corrected chi connectivity index (χ1v) is 5.87. The molecule has 3 N–H and O–H groups in total. The molecule has 4 heteroatoms. The van der Waals surface area contributed by atoms with Gasteiger partial charge in [-0.1, -0.05) is 12.8 Å². The van der Waals surface area contributed by atoms with E-state index in [1.54, 1.807) is 0 Å². The molecule has 0 radical (unpaired) electrons. The molecule has 0 aromatic rings. The van der Waals surface area contributed by atoms with Crippen LogP contribution in [-0.2, 0) is 4.79 Å². The van der Waals surface area contributed by atoms with Gasteiger partial charge in [-0.15, -0.1) is 0 Å². The van der Waals surface area contributed by atoms with Gasteiger partial charge in [-0.25, -0.2) is 0 Å². The molecular formula is C11H22N2O2. The van der Waals surface area contributed by atoms with Crippen LogP contribution in [0.15, 0.2) is 0 Å². The van der Waals surface area contributed by atoms with Gasteiger partial charge in [0.2, 0.25) is 5.91 Å². The first-order chi connectivity index (χ1) is 7.15. The summed E-state index contributed by atoms with van der Waals surface area (Å²) >= 11 is 0. The Labute approximate surface area is 91.4 Å². The minimum Gasteiger partial charge on any atom is -0.392 e. The highest BCUT2D eigenvalue weighted by atomic mass is 16.3. The summed E-state index contributed by atoms with van der Waals surface area (Å²) in [5.41, 5.74) is 0. The first-order valence-electron chi connectivity index (χ1n) is 5.87. The molecule has 3 unspecified atom stereocenters. The van der Waals surface area contributed by atoms with Gasteiger partial charge in [-0.2, -0.15) is 0 Å². The third-order valence-electron chi connectivity index (χ3n) is 2.94. The van der Waals surface area contributed by atoms with E-state index in [4.69, 9.17) is 0 Å². The molecule has 1 aliphatic rings. The standard InChI is InChI=1S/C11H22N2O2/c1-3-12-11(15)8(2)13-9-6-4-5-7-10(9)14/h8-10,13-14H,3-7H2,1-2H3,(H,12,15). The number of aliphatic hydroxyl groups is 1. The minimum atomic E-state index is -0.296. The third kappa shape index (κ3) is 3.80. The second kappa shape index (κ2) is 6.08. The fourth-order valence-corrected chi connectivity index (χ4v) is 2.03. The Morgan fingerprint density at radius 2 is 2.13 bits per heavy atom. The number of aliphatic hydroxyl groups excluding tert-OH is 1. The third-order valence-corrected chi connectivity index (χ3v) is 2.94. The molecule has 15 heavy (non-hydrogen) atoms. The maximum Gasteiger partial charge on any atom is 0.236 e. The van der Waals surface area contributed by atoms with Gasteiger partial charge in [-0.05, 0) is 26.7 Å². The molecule has 1 fully saturated rings. The molecule has 1 rings (SSSR count). The van der Waals surface area contributed by atoms with E-state index in [0.717, 1.165) is 25.7 Å². The van der Waals surface area contributed by atoms with Crippen molar-refractivity contribution in [2.24, 2.45) is 0 Å². The second-order valence-corrected chi connectivity index (χ2v) is 4.24. The summed E-state index contributed by atoms with van der Waals surface area (Å²) in [6.45, 7) is 4.39. The highest BCUT2D eigenvalue weighted by molar-refractivity contribution is 5.81. The van der Waals surface area contributed by atoms with Crippen LogP contribution in [0.3, 0.4) is 0 Å². The molecule has 0 heterocycles. The summed E-state index contributed by atoms with van der Waals surface area (Å²) in [4.78, 5) is 11.5. The van der Waals surface area contributed by atoms with Crippen molar-refractivity contribution in [3.63, 3.8) is 0 Å². The predicted octanol–water partition coefficient (Wildman–Crippen LogP) is 0.404. The number of likely N-dealkylation sites (N-methyl/N-ethyl adjacent to an activating group) is 1. The average Bonchev–Trinajstić information content (AvgIpc) is 2.21. The topological polar surface area (TPSA) is 61.4 Å². The summed E-state index contributed by atoms with van der Waals surface area (Å²) in [7, 11) is 0. The maximum atomic E-state index is 11.5. The highest BCUT2D eigenvalue weighted by Gasteiger charge is 2.25. The Bertz CT molecular complexity index is 209. The summed E-state index contributed by atoms with van der Waals surface area (Å²) in [5.74, 6) is 0.00951. The van der Waals surface area contributed by atoms with Crippen molar-refractivity contribution in [3.05, 3.63) is 0 Å². The number of hydrogen-bond donors (Lipinski definition) is 3. The van der Waals surface area contributed by atoms with Gasteiger partial charge in [0.25, 0.3) is 0 Å². The van der Waals surface area contributed by atoms with Crippen LogP contribution in [0.1, 0.15) is 39.5 Å². The first kappa shape index (κ1) is 12.5. The van der Waals surface area contributed by atoms with Crippen LogP contribution in [0.5, 0.6) is 0 Å². The molecular weight excluding hydrogens is 192 g/mol. The molecule has 1 saturated carbocycles. The lowest BCUT2D eigenvalue weighted by Crippen LogP contribution is -2.51. The Morgan fingerprint density at radius 1 is 1.47 bits per heavy atom. The van der Waals surface area contributed by atoms with Crippen LogP contribution in [0.25, 0.3) is 0 Å². The lowest BCUT2D eigenvalue weighted by Gasteiger charge is -2.30. The van der Waals surface area contributed by atoms with Crippen LogP contribution in [0, 0.1) is 0 Å². The van der Waals surface area contributed by atoms with Gasteiger partial charge >= 0.3 is 0 Å². The van der Waals surface area contributed by atoms with Crippen LogP contribution in [0.4, 0.5) is 0 Å². The Hall–Kier alpha value is -0.610. The molecule has 4 nitrogen and oxygen atoms in total. The number of nitrogens with one attached hydrogen (secondary N) is 2. The smallest absolute Gasteiger partial charge is 0.236 e. The zero-order valence-electron chi connectivity index (χ0n) is 9.62. The number of carbonyl (C=O) groups excluding carboxylic acids is 1. The largest absolute Gasteiger partial charge is 0.392 e. The lowest BCUT2D eigenvalue weighted by molar-refractivity contribution is -0.123. The fourth-order valence-electron chi connectivity index (χ4n) is 2.03. The molecule has 0 bridgehead atoms. The normalized spacial score (nSPS) is 28.5. The Balaban J connectivity index is 2.35. The van der Waals surface area contributed by atoms with Crippen LogP contribution in [0.2, 0.25) is 0 Å². The van der Waals surface area contributed by atoms with Crippen molar-refractivity contribution in [3.8, 4) is 0 Å². The van der Waals surface area contributed by atoms with Crippen molar-refractivity contribution in [2.75, 3.05) is 6.54 Å². The lowest BCUT2D eigenvalue weighted by atomic mass is 9.92. The number of amides is 1. The van der Waals surface area contributed by atoms with E-state index in [9.17, 15) is 9.90 Å². The molecule has 0 spiro atoms. The van der Waals surface area contributed by atoms with Gasteiger partial charge in [0.15, 0.2) is 0 Å². The van der Waals surface area contributed by atoms with Crippen LogP contribution < -0.4 is 10.6 Å². The maximum absolute atomic E-state index is 11.5. The predicted molar refractivity (Wildman–Crippen MR) is 59.5 cm³/mol. The molecule has 0 aromatic heterocycles. The minimum absolute atomic E-state index is 0.00951. The quantitative estimate of drug-likeness (QED) is 0.635. The molecule has 1 amide bonds. The molecule has 1 aliphatic carbocycles. The zero-order chi connectivity index (χ0) is 11.3. The number of hydrogen-bond acceptors (Lipinski definition) is 3. The van der Waals surface area contributed by atoms with Crippen molar-refractivity contribution < 1.29 is 9.90 Å². The zero-order valence-corrected chi connectivity index (χ0v) is 9.62. The average molecular weight is 214 g/mol. The van der Waals surface area contributed by atoms with Gasteiger partial charge in [0.1, 0.15) is 0 Å². The van der Waals surface area contributed by atoms with Gasteiger partial charge in [0.05, 0.1) is 12.1 Å². The van der Waals surface area contributed by atoms with Gasteiger partial charge < -0.3 is 15.7 Å². The Kier molecular flexibility index (Phi) is 5.05. The van der Waals surface area contributed by atoms with Crippen molar-refractivity contribution in [1.29, 1.82) is 0 Å². The van der Waals surface area contributed by atoms with Gasteiger partial charge in [0, 0.05) is 12.6 Å². The van der Waals surface area contributed by atoms with Crippen LogP contribution in [-0.4, -0.2) is 35.7 Å². The van der Waals surface area contributed by atoms with E-state index in [1.165, 1.54) is 0 Å². The SMILES string of the molecule is CCNC(=O)C(C)NC1CCCCC1O. The monoisotopic (exact) mass is 214 g/mol. The summed E-state index contributed by atoms with van der Waals surface area (Å²) in [6.07, 6.45) is 3.74. The molecule has 0 aliphatic heterocycles. The number of carbonyl (C=O) groups is 1. The van der Waals surface area contributed by atoms with Crippen molar-refractivity contribution in [2.45, 2.75) is 57.7 Å². The summed E-state index contributed by atoms with van der Waals surface area (Å²) < 4.78 is 0. The summed E-state index contributed by atoms with van der Waals surface area (Å²) in [5, 5.41) is 15.7. The molecule has 3 atom stereocenters. The van der Waals surface area contributed by atoms with Crippen LogP contribution >= 0.6 is 0 Å². The van der Waals surface area contributed by atoms with Crippen molar-refractivity contribution >= 4 is 5.91 Å². The fraction of sp³-hybridized carbons (Fsp3) is 0.909. The van der Waals surface area contributed by atoms with E-state index >= 15 is 0 Å². The summed E-state index contributed by atoms with van der Waals surface area (Å²) in [6, 6.07) is -0.140. The molecule has 88 valence electrons.